The number of amides is 1. The third-order valence-electron chi connectivity index (χ3n) is 5.96. The van der Waals surface area contributed by atoms with Crippen LogP contribution in [0.1, 0.15) is 50.1 Å². The molecule has 0 aromatic heterocycles. The van der Waals surface area contributed by atoms with Crippen LogP contribution in [0.15, 0.2) is 30.3 Å². The molecule has 2 aliphatic rings. The molecule has 1 amide bonds. The number of carbonyl (C=O) groups is 1. The molecule has 2 fully saturated rings. The highest BCUT2D eigenvalue weighted by atomic mass is 16.5. The van der Waals surface area contributed by atoms with Gasteiger partial charge in [0.25, 0.3) is 0 Å². The van der Waals surface area contributed by atoms with E-state index in [2.05, 4.69) is 22.3 Å². The first-order valence-corrected chi connectivity index (χ1v) is 10.1. The molecule has 1 heterocycles. The van der Waals surface area contributed by atoms with Crippen molar-refractivity contribution in [2.75, 3.05) is 39.4 Å². The molecule has 144 valence electrons. The Morgan fingerprint density at radius 1 is 1.15 bits per heavy atom. The lowest BCUT2D eigenvalue weighted by atomic mass is 9.71. The van der Waals surface area contributed by atoms with Gasteiger partial charge in [-0.3, -0.25) is 9.69 Å². The van der Waals surface area contributed by atoms with Gasteiger partial charge in [0.2, 0.25) is 5.91 Å². The Kier molecular flexibility index (Phi) is 7.06. The zero-order chi connectivity index (χ0) is 18.2. The average molecular weight is 360 g/mol. The largest absolute Gasteiger partial charge is 0.379 e. The maximum Gasteiger partial charge on any atom is 0.221 e. The number of carbonyl (C=O) groups excluding carboxylic acids is 1. The van der Waals surface area contributed by atoms with Crippen LogP contribution in [0.4, 0.5) is 0 Å². The second-order valence-corrected chi connectivity index (χ2v) is 7.89. The number of hydrogen-bond acceptors (Lipinski definition) is 4. The van der Waals surface area contributed by atoms with E-state index in [-0.39, 0.29) is 17.4 Å². The lowest BCUT2D eigenvalue weighted by molar-refractivity contribution is -0.124. The molecule has 1 aliphatic heterocycles. The van der Waals surface area contributed by atoms with Crippen molar-refractivity contribution in [3.8, 4) is 0 Å². The topological polar surface area (TPSA) is 67.6 Å². The van der Waals surface area contributed by atoms with Crippen LogP contribution >= 0.6 is 0 Å². The fraction of sp³-hybridized carbons (Fsp3) is 0.667. The van der Waals surface area contributed by atoms with E-state index in [9.17, 15) is 4.79 Å². The molecule has 3 rings (SSSR count). The van der Waals surface area contributed by atoms with Gasteiger partial charge in [0.1, 0.15) is 0 Å². The number of morpholine rings is 1. The molecular formula is C21H33N3O2. The number of nitrogens with zero attached hydrogens (tertiary/aromatic N) is 1. The van der Waals surface area contributed by atoms with E-state index in [1.807, 2.05) is 18.2 Å². The maximum absolute atomic E-state index is 12.9. The van der Waals surface area contributed by atoms with Crippen LogP contribution in [-0.2, 0) is 9.53 Å². The minimum absolute atomic E-state index is 0.00252. The molecule has 5 nitrogen and oxygen atoms in total. The predicted molar refractivity (Wildman–Crippen MR) is 104 cm³/mol. The van der Waals surface area contributed by atoms with Crippen LogP contribution in [0.25, 0.3) is 0 Å². The summed E-state index contributed by atoms with van der Waals surface area (Å²) in [6.45, 7) is 4.82. The summed E-state index contributed by atoms with van der Waals surface area (Å²) in [4.78, 5) is 15.3. The SMILES string of the molecule is NCC1(CC(=O)NC(CN2CCOCC2)c2ccccc2)CCCCC1. The maximum atomic E-state index is 12.9. The van der Waals surface area contributed by atoms with Gasteiger partial charge in [-0.1, -0.05) is 49.6 Å². The van der Waals surface area contributed by atoms with Crippen LogP contribution in [0.5, 0.6) is 0 Å². The van der Waals surface area contributed by atoms with Crippen molar-refractivity contribution >= 4 is 5.91 Å². The van der Waals surface area contributed by atoms with Crippen molar-refractivity contribution in [3.63, 3.8) is 0 Å². The molecular weight excluding hydrogens is 326 g/mol. The van der Waals surface area contributed by atoms with Crippen LogP contribution < -0.4 is 11.1 Å². The fourth-order valence-corrected chi connectivity index (χ4v) is 4.30. The Morgan fingerprint density at radius 2 is 1.85 bits per heavy atom. The molecule has 1 unspecified atom stereocenters. The summed E-state index contributed by atoms with van der Waals surface area (Å²) in [7, 11) is 0. The van der Waals surface area contributed by atoms with Crippen molar-refractivity contribution in [2.24, 2.45) is 11.1 Å². The summed E-state index contributed by atoms with van der Waals surface area (Å²) >= 11 is 0. The second-order valence-electron chi connectivity index (χ2n) is 7.89. The quantitative estimate of drug-likeness (QED) is 0.785. The highest BCUT2D eigenvalue weighted by molar-refractivity contribution is 5.77. The van der Waals surface area contributed by atoms with Crippen molar-refractivity contribution < 1.29 is 9.53 Å². The summed E-state index contributed by atoms with van der Waals surface area (Å²) in [6.07, 6.45) is 6.37. The summed E-state index contributed by atoms with van der Waals surface area (Å²) < 4.78 is 5.45. The normalized spacial score (nSPS) is 21.9. The van der Waals surface area contributed by atoms with E-state index in [0.717, 1.165) is 51.3 Å². The lowest BCUT2D eigenvalue weighted by Gasteiger charge is -2.36. The van der Waals surface area contributed by atoms with Gasteiger partial charge in [0.05, 0.1) is 19.3 Å². The molecule has 1 saturated carbocycles. The minimum Gasteiger partial charge on any atom is -0.379 e. The minimum atomic E-state index is 0.00252. The van der Waals surface area contributed by atoms with Crippen LogP contribution in [0, 0.1) is 5.41 Å². The molecule has 3 N–H and O–H groups in total. The summed E-state index contributed by atoms with van der Waals surface area (Å²) in [5.41, 5.74) is 7.24. The van der Waals surface area contributed by atoms with E-state index in [4.69, 9.17) is 10.5 Å². The third-order valence-corrected chi connectivity index (χ3v) is 5.96. The van der Waals surface area contributed by atoms with Crippen LogP contribution in [0.3, 0.4) is 0 Å². The van der Waals surface area contributed by atoms with Crippen LogP contribution in [-0.4, -0.2) is 50.2 Å². The van der Waals surface area contributed by atoms with E-state index >= 15 is 0 Å². The van der Waals surface area contributed by atoms with Gasteiger partial charge in [-0.05, 0) is 30.4 Å². The molecule has 1 saturated heterocycles. The number of nitrogens with one attached hydrogen (secondary N) is 1. The Balaban J connectivity index is 1.65. The Bertz CT molecular complexity index is 552. The van der Waals surface area contributed by atoms with Gasteiger partial charge < -0.3 is 15.8 Å². The second kappa shape index (κ2) is 9.49. The first-order chi connectivity index (χ1) is 12.7. The Morgan fingerprint density at radius 3 is 2.50 bits per heavy atom. The highest BCUT2D eigenvalue weighted by Gasteiger charge is 2.33. The first kappa shape index (κ1) is 19.3. The molecule has 0 spiro atoms. The first-order valence-electron chi connectivity index (χ1n) is 10.1. The van der Waals surface area contributed by atoms with Crippen molar-refractivity contribution in [1.82, 2.24) is 10.2 Å². The summed E-state index contributed by atoms with van der Waals surface area (Å²) in [6, 6.07) is 10.3. The lowest BCUT2D eigenvalue weighted by Crippen LogP contribution is -2.45. The summed E-state index contributed by atoms with van der Waals surface area (Å²) in [5.74, 6) is 0.138. The van der Waals surface area contributed by atoms with Crippen molar-refractivity contribution in [1.29, 1.82) is 0 Å². The Hall–Kier alpha value is -1.43. The van der Waals surface area contributed by atoms with E-state index in [1.54, 1.807) is 0 Å². The highest BCUT2D eigenvalue weighted by Crippen LogP contribution is 2.38. The zero-order valence-corrected chi connectivity index (χ0v) is 15.8. The van der Waals surface area contributed by atoms with Gasteiger partial charge in [-0.15, -0.1) is 0 Å². The average Bonchev–Trinajstić information content (AvgIpc) is 2.69. The predicted octanol–water partition coefficient (Wildman–Crippen LogP) is 2.48. The molecule has 0 radical (unpaired) electrons. The fourth-order valence-electron chi connectivity index (χ4n) is 4.30. The standard InChI is InChI=1S/C21H33N3O2/c22-17-21(9-5-2-6-10-21)15-20(25)23-19(18-7-3-1-4-8-18)16-24-11-13-26-14-12-24/h1,3-4,7-8,19H,2,5-6,9-17,22H2,(H,23,25). The van der Waals surface area contributed by atoms with Gasteiger partial charge in [0.15, 0.2) is 0 Å². The molecule has 1 aromatic carbocycles. The van der Waals surface area contributed by atoms with E-state index in [0.29, 0.717) is 13.0 Å². The third kappa shape index (κ3) is 5.29. The van der Waals surface area contributed by atoms with Crippen molar-refractivity contribution in [2.45, 2.75) is 44.6 Å². The molecule has 0 bridgehead atoms. The monoisotopic (exact) mass is 359 g/mol. The summed E-state index contributed by atoms with van der Waals surface area (Å²) in [5, 5.41) is 3.31. The molecule has 5 heteroatoms. The number of nitrogens with two attached hydrogens (primary N) is 1. The molecule has 1 atom stereocenters. The molecule has 1 aromatic rings. The van der Waals surface area contributed by atoms with Crippen molar-refractivity contribution in [3.05, 3.63) is 35.9 Å². The zero-order valence-electron chi connectivity index (χ0n) is 15.8. The Labute approximate surface area is 157 Å². The molecule has 26 heavy (non-hydrogen) atoms. The van der Waals surface area contributed by atoms with Crippen LogP contribution in [0.2, 0.25) is 0 Å². The smallest absolute Gasteiger partial charge is 0.221 e. The number of ether oxygens (including phenoxy) is 1. The van der Waals surface area contributed by atoms with Gasteiger partial charge >= 0.3 is 0 Å². The number of rotatable bonds is 7. The van der Waals surface area contributed by atoms with Gasteiger partial charge in [-0.2, -0.15) is 0 Å². The van der Waals surface area contributed by atoms with E-state index < -0.39 is 0 Å². The van der Waals surface area contributed by atoms with E-state index in [1.165, 1.54) is 19.3 Å². The number of hydrogen-bond donors (Lipinski definition) is 2. The number of benzene rings is 1. The van der Waals surface area contributed by atoms with Gasteiger partial charge in [0, 0.05) is 26.1 Å². The van der Waals surface area contributed by atoms with Gasteiger partial charge in [-0.25, -0.2) is 0 Å². The molecule has 1 aliphatic carbocycles.